The van der Waals surface area contributed by atoms with Crippen molar-refractivity contribution in [1.29, 1.82) is 0 Å². The number of carbonyl (C=O) groups excluding carboxylic acids is 1. The number of anilines is 1. The predicted molar refractivity (Wildman–Crippen MR) is 55.1 cm³/mol. The fourth-order valence-electron chi connectivity index (χ4n) is 1.54. The molecule has 0 aromatic carbocycles. The summed E-state index contributed by atoms with van der Waals surface area (Å²) in [4.78, 5) is 16.8. The second kappa shape index (κ2) is 3.86. The van der Waals surface area contributed by atoms with Crippen LogP contribution in [0.5, 0.6) is 0 Å². The van der Waals surface area contributed by atoms with Crippen molar-refractivity contribution in [2.75, 3.05) is 11.4 Å². The number of aliphatic hydroxyl groups is 1. The van der Waals surface area contributed by atoms with Crippen LogP contribution in [0.25, 0.3) is 0 Å². The van der Waals surface area contributed by atoms with E-state index in [9.17, 15) is 9.90 Å². The van der Waals surface area contributed by atoms with Crippen LogP contribution in [-0.2, 0) is 4.79 Å². The first-order valence-corrected chi connectivity index (χ1v) is 4.83. The molecule has 1 aromatic rings. The van der Waals surface area contributed by atoms with Gasteiger partial charge in [-0.25, -0.2) is 0 Å². The molecule has 1 atom stereocenters. The van der Waals surface area contributed by atoms with E-state index in [2.05, 4.69) is 10.3 Å². The number of aryl methyl sites for hydroxylation is 1. The molecule has 2 rings (SSSR count). The molecule has 5 nitrogen and oxygen atoms in total. The van der Waals surface area contributed by atoms with Crippen LogP contribution in [0.3, 0.4) is 0 Å². The van der Waals surface area contributed by atoms with Gasteiger partial charge in [-0.3, -0.25) is 9.78 Å². The zero-order valence-electron chi connectivity index (χ0n) is 8.47. The molecule has 0 radical (unpaired) electrons. The van der Waals surface area contributed by atoms with Crippen molar-refractivity contribution >= 4 is 11.6 Å². The molecule has 1 amide bonds. The number of nitrogens with one attached hydrogen (secondary N) is 1. The smallest absolute Gasteiger partial charge is 0.225 e. The normalized spacial score (nSPS) is 21.3. The van der Waals surface area contributed by atoms with Gasteiger partial charge in [0.1, 0.15) is 0 Å². The Morgan fingerprint density at radius 2 is 2.40 bits per heavy atom. The van der Waals surface area contributed by atoms with Gasteiger partial charge in [0.25, 0.3) is 0 Å². The highest BCUT2D eigenvalue weighted by atomic mass is 16.3. The third-order valence-electron chi connectivity index (χ3n) is 2.39. The lowest BCUT2D eigenvalue weighted by atomic mass is 10.2. The van der Waals surface area contributed by atoms with Gasteiger partial charge in [0, 0.05) is 18.7 Å². The number of nitrogens with zero attached hydrogens (tertiary/aromatic N) is 2. The molecule has 5 heteroatoms. The lowest BCUT2D eigenvalue weighted by molar-refractivity contribution is -0.125. The number of amides is 1. The van der Waals surface area contributed by atoms with Gasteiger partial charge < -0.3 is 15.3 Å². The van der Waals surface area contributed by atoms with Crippen LogP contribution in [0.2, 0.25) is 0 Å². The average Bonchev–Trinajstić information content (AvgIpc) is 2.20. The van der Waals surface area contributed by atoms with Gasteiger partial charge >= 0.3 is 0 Å². The van der Waals surface area contributed by atoms with Gasteiger partial charge in [-0.05, 0) is 19.1 Å². The monoisotopic (exact) mass is 207 g/mol. The summed E-state index contributed by atoms with van der Waals surface area (Å²) in [6.07, 6.45) is 1.14. The standard InChI is InChI=1S/C10H13N3O2/c1-7-2-3-8(6-11-7)13-5-4-9(14)12-10(13)15/h2-3,6,10,15H,4-5H2,1H3,(H,12,14). The highest BCUT2D eigenvalue weighted by Crippen LogP contribution is 2.16. The molecule has 1 saturated heterocycles. The molecule has 80 valence electrons. The molecule has 2 N–H and O–H groups in total. The highest BCUT2D eigenvalue weighted by molar-refractivity contribution is 5.78. The van der Waals surface area contributed by atoms with Gasteiger partial charge in [0.05, 0.1) is 11.9 Å². The second-order valence-electron chi connectivity index (χ2n) is 3.54. The Kier molecular flexibility index (Phi) is 2.55. The van der Waals surface area contributed by atoms with Crippen LogP contribution in [0.4, 0.5) is 5.69 Å². The van der Waals surface area contributed by atoms with Gasteiger partial charge in [0.15, 0.2) is 0 Å². The third kappa shape index (κ3) is 2.07. The first kappa shape index (κ1) is 9.92. The van der Waals surface area contributed by atoms with E-state index in [1.807, 2.05) is 19.1 Å². The minimum absolute atomic E-state index is 0.126. The molecular formula is C10H13N3O2. The Bertz CT molecular complexity index is 363. The number of rotatable bonds is 1. The molecule has 1 unspecified atom stereocenters. The Morgan fingerprint density at radius 1 is 1.60 bits per heavy atom. The summed E-state index contributed by atoms with van der Waals surface area (Å²) in [7, 11) is 0. The maximum absolute atomic E-state index is 11.0. The van der Waals surface area contributed by atoms with E-state index >= 15 is 0 Å². The summed E-state index contributed by atoms with van der Waals surface area (Å²) in [6.45, 7) is 2.41. The summed E-state index contributed by atoms with van der Waals surface area (Å²) in [5.41, 5.74) is 1.74. The predicted octanol–water partition coefficient (Wildman–Crippen LogP) is -0.00778. The fraction of sp³-hybridized carbons (Fsp3) is 0.400. The molecule has 1 fully saturated rings. The highest BCUT2D eigenvalue weighted by Gasteiger charge is 2.24. The Hall–Kier alpha value is -1.62. The van der Waals surface area contributed by atoms with Crippen LogP contribution in [-0.4, -0.2) is 28.9 Å². The SMILES string of the molecule is Cc1ccc(N2CCC(=O)NC2O)cn1. The van der Waals surface area contributed by atoms with Gasteiger partial charge in [0.2, 0.25) is 12.3 Å². The zero-order chi connectivity index (χ0) is 10.8. The van der Waals surface area contributed by atoms with Crippen molar-refractivity contribution in [3.8, 4) is 0 Å². The van der Waals surface area contributed by atoms with Crippen LogP contribution in [0.15, 0.2) is 18.3 Å². The molecule has 0 spiro atoms. The molecule has 0 aliphatic carbocycles. The number of aromatic nitrogens is 1. The summed E-state index contributed by atoms with van der Waals surface area (Å²) >= 11 is 0. The largest absolute Gasteiger partial charge is 0.356 e. The minimum atomic E-state index is -0.948. The quantitative estimate of drug-likeness (QED) is 0.680. The van der Waals surface area contributed by atoms with Crippen LogP contribution in [0, 0.1) is 6.92 Å². The number of hydrogen-bond acceptors (Lipinski definition) is 4. The van der Waals surface area contributed by atoms with Crippen LogP contribution < -0.4 is 10.2 Å². The molecule has 0 bridgehead atoms. The first-order valence-electron chi connectivity index (χ1n) is 4.83. The molecule has 1 aliphatic rings. The average molecular weight is 207 g/mol. The number of pyridine rings is 1. The van der Waals surface area contributed by atoms with Gasteiger partial charge in [-0.15, -0.1) is 0 Å². The summed E-state index contributed by atoms with van der Waals surface area (Å²) in [5, 5.41) is 12.1. The van der Waals surface area contributed by atoms with Crippen molar-refractivity contribution in [1.82, 2.24) is 10.3 Å². The summed E-state index contributed by atoms with van der Waals surface area (Å²) in [5.74, 6) is -0.126. The van der Waals surface area contributed by atoms with Crippen molar-refractivity contribution in [2.45, 2.75) is 19.7 Å². The lowest BCUT2D eigenvalue weighted by Crippen LogP contribution is -2.54. The van der Waals surface area contributed by atoms with E-state index in [-0.39, 0.29) is 5.91 Å². The van der Waals surface area contributed by atoms with E-state index in [1.54, 1.807) is 11.1 Å². The van der Waals surface area contributed by atoms with E-state index in [0.717, 1.165) is 11.4 Å². The minimum Gasteiger partial charge on any atom is -0.356 e. The number of carbonyl (C=O) groups is 1. The van der Waals surface area contributed by atoms with Crippen molar-refractivity contribution < 1.29 is 9.90 Å². The van der Waals surface area contributed by atoms with Crippen molar-refractivity contribution in [3.63, 3.8) is 0 Å². The Labute approximate surface area is 87.7 Å². The van der Waals surface area contributed by atoms with Crippen LogP contribution >= 0.6 is 0 Å². The van der Waals surface area contributed by atoms with Gasteiger partial charge in [-0.2, -0.15) is 0 Å². The molecule has 1 aromatic heterocycles. The molecule has 1 aliphatic heterocycles. The maximum atomic E-state index is 11.0. The van der Waals surface area contributed by atoms with Crippen molar-refractivity contribution in [2.24, 2.45) is 0 Å². The fourth-order valence-corrected chi connectivity index (χ4v) is 1.54. The van der Waals surface area contributed by atoms with E-state index in [0.29, 0.717) is 13.0 Å². The van der Waals surface area contributed by atoms with E-state index in [4.69, 9.17) is 0 Å². The Morgan fingerprint density at radius 3 is 3.00 bits per heavy atom. The Balaban J connectivity index is 2.16. The molecular weight excluding hydrogens is 194 g/mol. The number of aliphatic hydroxyl groups excluding tert-OH is 1. The number of hydrogen-bond donors (Lipinski definition) is 2. The first-order chi connectivity index (χ1) is 7.16. The molecule has 0 saturated carbocycles. The zero-order valence-corrected chi connectivity index (χ0v) is 8.47. The second-order valence-corrected chi connectivity index (χ2v) is 3.54. The van der Waals surface area contributed by atoms with Gasteiger partial charge in [-0.1, -0.05) is 0 Å². The van der Waals surface area contributed by atoms with Crippen LogP contribution in [0.1, 0.15) is 12.1 Å². The van der Waals surface area contributed by atoms with E-state index in [1.165, 1.54) is 0 Å². The third-order valence-corrected chi connectivity index (χ3v) is 2.39. The lowest BCUT2D eigenvalue weighted by Gasteiger charge is -2.33. The van der Waals surface area contributed by atoms with Crippen molar-refractivity contribution in [3.05, 3.63) is 24.0 Å². The topological polar surface area (TPSA) is 65.5 Å². The molecule has 2 heterocycles. The maximum Gasteiger partial charge on any atom is 0.225 e. The summed E-state index contributed by atoms with van der Waals surface area (Å²) < 4.78 is 0. The molecule has 15 heavy (non-hydrogen) atoms. The summed E-state index contributed by atoms with van der Waals surface area (Å²) in [6, 6.07) is 3.75. The van der Waals surface area contributed by atoms with E-state index < -0.39 is 6.35 Å².